The number of piperidine rings is 1. The molecular weight excluding hydrogens is 164 g/mol. The number of nitrogens with two attached hydrogens (primary N) is 1. The second kappa shape index (κ2) is 4.40. The van der Waals surface area contributed by atoms with Crippen molar-refractivity contribution >= 4 is 0 Å². The van der Waals surface area contributed by atoms with E-state index in [1.807, 2.05) is 0 Å². The van der Waals surface area contributed by atoms with Gasteiger partial charge >= 0.3 is 0 Å². The molecule has 0 aromatic carbocycles. The van der Waals surface area contributed by atoms with Gasteiger partial charge in [-0.3, -0.25) is 0 Å². The van der Waals surface area contributed by atoms with Gasteiger partial charge in [-0.15, -0.1) is 0 Å². The Morgan fingerprint density at radius 3 is 2.31 bits per heavy atom. The number of rotatable bonds is 3. The Morgan fingerprint density at radius 2 is 1.92 bits per heavy atom. The summed E-state index contributed by atoms with van der Waals surface area (Å²) in [6, 6.07) is 0. The average molecular weight is 186 g/mol. The van der Waals surface area contributed by atoms with Crippen molar-refractivity contribution < 1.29 is 5.11 Å². The van der Waals surface area contributed by atoms with Crippen LogP contribution in [0.25, 0.3) is 0 Å². The molecule has 0 aliphatic carbocycles. The fourth-order valence-corrected chi connectivity index (χ4v) is 1.87. The smallest absolute Gasteiger partial charge is 0.0793 e. The van der Waals surface area contributed by atoms with Gasteiger partial charge < -0.3 is 15.7 Å². The van der Waals surface area contributed by atoms with Crippen LogP contribution in [0, 0.1) is 5.92 Å². The molecule has 0 saturated carbocycles. The molecule has 78 valence electrons. The third kappa shape index (κ3) is 3.25. The molecule has 1 saturated heterocycles. The standard InChI is InChI=1S/C10H22N2O/c1-9(2)7-12-5-3-10(13,8-11)4-6-12/h9,13H,3-8,11H2,1-2H3. The Labute approximate surface area is 80.9 Å². The Morgan fingerprint density at radius 1 is 1.38 bits per heavy atom. The molecule has 0 atom stereocenters. The molecular formula is C10H22N2O. The molecule has 3 nitrogen and oxygen atoms in total. The van der Waals surface area contributed by atoms with Crippen LogP contribution >= 0.6 is 0 Å². The van der Waals surface area contributed by atoms with Gasteiger partial charge in [-0.25, -0.2) is 0 Å². The van der Waals surface area contributed by atoms with E-state index in [0.29, 0.717) is 12.5 Å². The highest BCUT2D eigenvalue weighted by atomic mass is 16.3. The maximum absolute atomic E-state index is 9.88. The third-order valence-corrected chi connectivity index (χ3v) is 2.79. The molecule has 0 radical (unpaired) electrons. The van der Waals surface area contributed by atoms with Crippen LogP contribution in [0.5, 0.6) is 0 Å². The third-order valence-electron chi connectivity index (χ3n) is 2.79. The van der Waals surface area contributed by atoms with Gasteiger partial charge in [-0.05, 0) is 18.8 Å². The summed E-state index contributed by atoms with van der Waals surface area (Å²) in [5.41, 5.74) is 4.94. The first-order chi connectivity index (χ1) is 6.06. The molecule has 1 aliphatic heterocycles. The molecule has 0 aromatic rings. The highest BCUT2D eigenvalue weighted by Crippen LogP contribution is 2.21. The lowest BCUT2D eigenvalue weighted by Gasteiger charge is -2.38. The lowest BCUT2D eigenvalue weighted by molar-refractivity contribution is -0.0156. The van der Waals surface area contributed by atoms with E-state index in [-0.39, 0.29) is 0 Å². The topological polar surface area (TPSA) is 49.5 Å². The average Bonchev–Trinajstić information content (AvgIpc) is 2.09. The van der Waals surface area contributed by atoms with Gasteiger partial charge in [-0.2, -0.15) is 0 Å². The maximum atomic E-state index is 9.88. The van der Waals surface area contributed by atoms with E-state index in [1.54, 1.807) is 0 Å². The van der Waals surface area contributed by atoms with E-state index in [9.17, 15) is 5.11 Å². The minimum atomic E-state index is -0.576. The van der Waals surface area contributed by atoms with E-state index in [1.165, 1.54) is 0 Å². The summed E-state index contributed by atoms with van der Waals surface area (Å²) in [6.07, 6.45) is 1.66. The van der Waals surface area contributed by atoms with E-state index in [0.717, 1.165) is 32.5 Å². The van der Waals surface area contributed by atoms with Crippen molar-refractivity contribution in [2.45, 2.75) is 32.3 Å². The Hall–Kier alpha value is -0.120. The highest BCUT2D eigenvalue weighted by Gasteiger charge is 2.30. The number of nitrogens with zero attached hydrogens (tertiary/aromatic N) is 1. The lowest BCUT2D eigenvalue weighted by atomic mass is 9.91. The second-order valence-corrected chi connectivity index (χ2v) is 4.62. The number of hydrogen-bond donors (Lipinski definition) is 2. The van der Waals surface area contributed by atoms with Crippen LogP contribution in [0.4, 0.5) is 0 Å². The van der Waals surface area contributed by atoms with Gasteiger partial charge in [0.25, 0.3) is 0 Å². The molecule has 0 aromatic heterocycles. The largest absolute Gasteiger partial charge is 0.388 e. The number of aliphatic hydroxyl groups is 1. The lowest BCUT2D eigenvalue weighted by Crippen LogP contribution is -2.49. The van der Waals surface area contributed by atoms with E-state index >= 15 is 0 Å². The van der Waals surface area contributed by atoms with Gasteiger partial charge in [0, 0.05) is 26.2 Å². The van der Waals surface area contributed by atoms with Crippen LogP contribution in [-0.2, 0) is 0 Å². The van der Waals surface area contributed by atoms with Gasteiger partial charge in [0.15, 0.2) is 0 Å². The molecule has 0 spiro atoms. The molecule has 1 heterocycles. The SMILES string of the molecule is CC(C)CN1CCC(O)(CN)CC1. The van der Waals surface area contributed by atoms with Crippen molar-refractivity contribution in [3.8, 4) is 0 Å². The molecule has 1 fully saturated rings. The first-order valence-corrected chi connectivity index (χ1v) is 5.20. The van der Waals surface area contributed by atoms with E-state index < -0.39 is 5.60 Å². The van der Waals surface area contributed by atoms with E-state index in [4.69, 9.17) is 5.73 Å². The van der Waals surface area contributed by atoms with Gasteiger partial charge in [0.05, 0.1) is 5.60 Å². The van der Waals surface area contributed by atoms with Crippen molar-refractivity contribution in [1.82, 2.24) is 4.90 Å². The molecule has 1 rings (SSSR count). The summed E-state index contributed by atoms with van der Waals surface area (Å²) in [4.78, 5) is 2.41. The first kappa shape index (κ1) is 11.0. The molecule has 1 aliphatic rings. The summed E-state index contributed by atoms with van der Waals surface area (Å²) in [6.45, 7) is 7.98. The maximum Gasteiger partial charge on any atom is 0.0793 e. The monoisotopic (exact) mass is 186 g/mol. The second-order valence-electron chi connectivity index (χ2n) is 4.62. The summed E-state index contributed by atoms with van der Waals surface area (Å²) < 4.78 is 0. The Balaban J connectivity index is 2.30. The molecule has 13 heavy (non-hydrogen) atoms. The summed E-state index contributed by atoms with van der Waals surface area (Å²) in [7, 11) is 0. The molecule has 0 bridgehead atoms. The zero-order valence-electron chi connectivity index (χ0n) is 8.79. The first-order valence-electron chi connectivity index (χ1n) is 5.20. The summed E-state index contributed by atoms with van der Waals surface area (Å²) in [5, 5.41) is 9.88. The van der Waals surface area contributed by atoms with Crippen LogP contribution in [0.3, 0.4) is 0 Å². The van der Waals surface area contributed by atoms with Crippen LogP contribution in [0.1, 0.15) is 26.7 Å². The molecule has 0 unspecified atom stereocenters. The fraction of sp³-hybridized carbons (Fsp3) is 1.00. The zero-order valence-corrected chi connectivity index (χ0v) is 8.79. The van der Waals surface area contributed by atoms with Gasteiger partial charge in [0.1, 0.15) is 0 Å². The van der Waals surface area contributed by atoms with Crippen molar-refractivity contribution in [3.63, 3.8) is 0 Å². The van der Waals surface area contributed by atoms with Gasteiger partial charge in [-0.1, -0.05) is 13.8 Å². The normalized spacial score (nSPS) is 23.8. The summed E-state index contributed by atoms with van der Waals surface area (Å²) >= 11 is 0. The predicted molar refractivity (Wildman–Crippen MR) is 54.5 cm³/mol. The van der Waals surface area contributed by atoms with Crippen molar-refractivity contribution in [2.24, 2.45) is 11.7 Å². The minimum Gasteiger partial charge on any atom is -0.388 e. The quantitative estimate of drug-likeness (QED) is 0.672. The van der Waals surface area contributed by atoms with Crippen molar-refractivity contribution in [3.05, 3.63) is 0 Å². The van der Waals surface area contributed by atoms with Crippen LogP contribution < -0.4 is 5.73 Å². The number of likely N-dealkylation sites (tertiary alicyclic amines) is 1. The summed E-state index contributed by atoms with van der Waals surface area (Å²) in [5.74, 6) is 0.712. The minimum absolute atomic E-state index is 0.405. The van der Waals surface area contributed by atoms with Crippen molar-refractivity contribution in [2.75, 3.05) is 26.2 Å². The molecule has 0 amide bonds. The van der Waals surface area contributed by atoms with Crippen LogP contribution in [0.2, 0.25) is 0 Å². The Bertz CT molecular complexity index is 151. The van der Waals surface area contributed by atoms with Crippen LogP contribution in [0.15, 0.2) is 0 Å². The Kier molecular flexibility index (Phi) is 3.71. The predicted octanol–water partition coefficient (Wildman–Crippen LogP) is 0.428. The number of hydrogen-bond acceptors (Lipinski definition) is 3. The van der Waals surface area contributed by atoms with Crippen LogP contribution in [-0.4, -0.2) is 41.8 Å². The van der Waals surface area contributed by atoms with Gasteiger partial charge in [0.2, 0.25) is 0 Å². The molecule has 3 N–H and O–H groups in total. The zero-order chi connectivity index (χ0) is 9.90. The highest BCUT2D eigenvalue weighted by molar-refractivity contribution is 4.86. The molecule has 3 heteroatoms. The van der Waals surface area contributed by atoms with E-state index in [2.05, 4.69) is 18.7 Å². The fourth-order valence-electron chi connectivity index (χ4n) is 1.87. The van der Waals surface area contributed by atoms with Crippen molar-refractivity contribution in [1.29, 1.82) is 0 Å².